The Morgan fingerprint density at radius 1 is 1.50 bits per heavy atom. The van der Waals surface area contributed by atoms with Crippen molar-refractivity contribution in [2.45, 2.75) is 58.5 Å². The monoisotopic (exact) mass is 228 g/mol. The second kappa shape index (κ2) is 5.03. The average molecular weight is 228 g/mol. The van der Waals surface area contributed by atoms with Crippen LogP contribution in [0.3, 0.4) is 0 Å². The molecule has 0 aromatic heterocycles. The molecule has 0 bridgehead atoms. The Morgan fingerprint density at radius 3 is 2.62 bits per heavy atom. The first-order valence-corrected chi connectivity index (χ1v) is 6.40. The number of piperidine rings is 1. The number of aliphatic hydroxyl groups excluding tert-OH is 1. The lowest BCUT2D eigenvalue weighted by molar-refractivity contribution is 0.0645. The zero-order chi connectivity index (χ0) is 12.4. The Balaban J connectivity index is 2.51. The van der Waals surface area contributed by atoms with Gasteiger partial charge in [-0.15, -0.1) is 0 Å². The third kappa shape index (κ3) is 4.04. The fourth-order valence-corrected chi connectivity index (χ4v) is 2.71. The first-order valence-electron chi connectivity index (χ1n) is 6.40. The smallest absolute Gasteiger partial charge is 0.0609 e. The van der Waals surface area contributed by atoms with E-state index in [2.05, 4.69) is 25.7 Å². The van der Waals surface area contributed by atoms with E-state index in [-0.39, 0.29) is 6.61 Å². The van der Waals surface area contributed by atoms with E-state index >= 15 is 0 Å². The molecule has 1 aliphatic heterocycles. The van der Waals surface area contributed by atoms with Crippen LogP contribution >= 0.6 is 0 Å². The maximum Gasteiger partial charge on any atom is 0.0609 e. The summed E-state index contributed by atoms with van der Waals surface area (Å²) in [5, 5.41) is 9.20. The van der Waals surface area contributed by atoms with Crippen LogP contribution in [0.1, 0.15) is 47.0 Å². The average Bonchev–Trinajstić information content (AvgIpc) is 2.15. The fourth-order valence-electron chi connectivity index (χ4n) is 2.71. The van der Waals surface area contributed by atoms with Crippen LogP contribution in [0.4, 0.5) is 0 Å². The highest BCUT2D eigenvalue weighted by Crippen LogP contribution is 2.30. The molecule has 3 nitrogen and oxygen atoms in total. The molecule has 2 atom stereocenters. The first-order chi connectivity index (χ1) is 7.26. The Morgan fingerprint density at radius 2 is 2.12 bits per heavy atom. The molecule has 1 heterocycles. The van der Waals surface area contributed by atoms with Gasteiger partial charge in [-0.3, -0.25) is 0 Å². The van der Waals surface area contributed by atoms with Gasteiger partial charge in [-0.25, -0.2) is 0 Å². The van der Waals surface area contributed by atoms with Crippen molar-refractivity contribution in [3.63, 3.8) is 0 Å². The molecule has 0 aliphatic carbocycles. The fraction of sp³-hybridized carbons (Fsp3) is 1.00. The van der Waals surface area contributed by atoms with Crippen molar-refractivity contribution >= 4 is 0 Å². The molecule has 0 aromatic carbocycles. The van der Waals surface area contributed by atoms with Crippen molar-refractivity contribution in [3.05, 3.63) is 0 Å². The number of rotatable bonds is 4. The van der Waals surface area contributed by atoms with Crippen molar-refractivity contribution in [1.29, 1.82) is 0 Å². The SMILES string of the molecule is CC(CC(C)(N)CO)N1CCCC(C)(C)C1. The zero-order valence-electron chi connectivity index (χ0n) is 11.3. The van der Waals surface area contributed by atoms with Crippen LogP contribution in [0, 0.1) is 5.41 Å². The molecule has 1 rings (SSSR count). The highest BCUT2D eigenvalue weighted by molar-refractivity contribution is 4.87. The first kappa shape index (κ1) is 13.9. The highest BCUT2D eigenvalue weighted by atomic mass is 16.3. The molecule has 96 valence electrons. The number of hydrogen-bond acceptors (Lipinski definition) is 3. The normalized spacial score (nSPS) is 27.4. The molecule has 0 radical (unpaired) electrons. The van der Waals surface area contributed by atoms with Crippen molar-refractivity contribution < 1.29 is 5.11 Å². The molecule has 1 saturated heterocycles. The van der Waals surface area contributed by atoms with Crippen LogP contribution in [-0.2, 0) is 0 Å². The third-order valence-corrected chi connectivity index (χ3v) is 3.68. The van der Waals surface area contributed by atoms with Crippen LogP contribution < -0.4 is 5.73 Å². The number of nitrogens with two attached hydrogens (primary N) is 1. The van der Waals surface area contributed by atoms with Crippen molar-refractivity contribution in [2.75, 3.05) is 19.7 Å². The Kier molecular flexibility index (Phi) is 4.38. The van der Waals surface area contributed by atoms with Crippen LogP contribution in [0.25, 0.3) is 0 Å². The van der Waals surface area contributed by atoms with Gasteiger partial charge in [0.1, 0.15) is 0 Å². The number of hydrogen-bond donors (Lipinski definition) is 2. The molecule has 1 aliphatic rings. The standard InChI is InChI=1S/C13H28N2O/c1-11(8-13(4,14)10-16)15-7-5-6-12(2,3)9-15/h11,16H,5-10,14H2,1-4H3. The molecule has 0 amide bonds. The lowest BCUT2D eigenvalue weighted by Crippen LogP contribution is -2.50. The minimum absolute atomic E-state index is 0.0641. The van der Waals surface area contributed by atoms with Gasteiger partial charge in [-0.05, 0) is 45.1 Å². The Hall–Kier alpha value is -0.120. The van der Waals surface area contributed by atoms with E-state index < -0.39 is 5.54 Å². The number of nitrogens with zero attached hydrogens (tertiary/aromatic N) is 1. The largest absolute Gasteiger partial charge is 0.394 e. The summed E-state index contributed by atoms with van der Waals surface area (Å²) in [4.78, 5) is 2.52. The summed E-state index contributed by atoms with van der Waals surface area (Å²) in [6.45, 7) is 11.2. The van der Waals surface area contributed by atoms with E-state index in [1.165, 1.54) is 19.4 Å². The number of aliphatic hydroxyl groups is 1. The molecule has 0 aromatic rings. The van der Waals surface area contributed by atoms with Gasteiger partial charge in [0.05, 0.1) is 6.61 Å². The zero-order valence-corrected chi connectivity index (χ0v) is 11.3. The molecular formula is C13H28N2O. The molecule has 3 N–H and O–H groups in total. The summed E-state index contributed by atoms with van der Waals surface area (Å²) in [5.41, 5.74) is 6.00. The molecule has 3 heteroatoms. The van der Waals surface area contributed by atoms with Gasteiger partial charge in [0.2, 0.25) is 0 Å². The van der Waals surface area contributed by atoms with Crippen LogP contribution in [0.2, 0.25) is 0 Å². The third-order valence-electron chi connectivity index (χ3n) is 3.68. The van der Waals surface area contributed by atoms with Gasteiger partial charge >= 0.3 is 0 Å². The lowest BCUT2D eigenvalue weighted by Gasteiger charge is -2.43. The summed E-state index contributed by atoms with van der Waals surface area (Å²) < 4.78 is 0. The quantitative estimate of drug-likeness (QED) is 0.768. The van der Waals surface area contributed by atoms with Gasteiger partial charge in [0.25, 0.3) is 0 Å². The maximum absolute atomic E-state index is 9.20. The summed E-state index contributed by atoms with van der Waals surface area (Å²) >= 11 is 0. The Labute approximate surface area is 100 Å². The van der Waals surface area contributed by atoms with E-state index in [0.29, 0.717) is 11.5 Å². The van der Waals surface area contributed by atoms with E-state index in [9.17, 15) is 5.11 Å². The minimum atomic E-state index is -0.443. The van der Waals surface area contributed by atoms with Crippen LogP contribution in [-0.4, -0.2) is 41.3 Å². The minimum Gasteiger partial charge on any atom is -0.394 e. The van der Waals surface area contributed by atoms with Gasteiger partial charge in [-0.2, -0.15) is 0 Å². The molecule has 2 unspecified atom stereocenters. The van der Waals surface area contributed by atoms with Gasteiger partial charge in [0.15, 0.2) is 0 Å². The van der Waals surface area contributed by atoms with Gasteiger partial charge in [-0.1, -0.05) is 13.8 Å². The number of likely N-dealkylation sites (tertiary alicyclic amines) is 1. The predicted octanol–water partition coefficient (Wildman–Crippen LogP) is 1.60. The molecule has 0 saturated carbocycles. The molecule has 16 heavy (non-hydrogen) atoms. The summed E-state index contributed by atoms with van der Waals surface area (Å²) in [6, 6.07) is 0.460. The van der Waals surface area contributed by atoms with Crippen molar-refractivity contribution in [2.24, 2.45) is 11.1 Å². The highest BCUT2D eigenvalue weighted by Gasteiger charge is 2.31. The van der Waals surface area contributed by atoms with Crippen LogP contribution in [0.5, 0.6) is 0 Å². The molecule has 0 spiro atoms. The van der Waals surface area contributed by atoms with Crippen molar-refractivity contribution in [3.8, 4) is 0 Å². The lowest BCUT2D eigenvalue weighted by atomic mass is 9.82. The van der Waals surface area contributed by atoms with E-state index in [0.717, 1.165) is 13.0 Å². The topological polar surface area (TPSA) is 49.5 Å². The van der Waals surface area contributed by atoms with Gasteiger partial charge < -0.3 is 15.7 Å². The van der Waals surface area contributed by atoms with Gasteiger partial charge in [0, 0.05) is 18.1 Å². The van der Waals surface area contributed by atoms with Crippen LogP contribution in [0.15, 0.2) is 0 Å². The van der Waals surface area contributed by atoms with E-state index in [1.807, 2.05) is 6.92 Å². The predicted molar refractivity (Wildman–Crippen MR) is 68.3 cm³/mol. The molecular weight excluding hydrogens is 200 g/mol. The Bertz CT molecular complexity index is 226. The summed E-state index contributed by atoms with van der Waals surface area (Å²) in [5.74, 6) is 0. The summed E-state index contributed by atoms with van der Waals surface area (Å²) in [7, 11) is 0. The second-order valence-corrected chi connectivity index (χ2v) is 6.60. The van der Waals surface area contributed by atoms with E-state index in [4.69, 9.17) is 5.73 Å². The maximum atomic E-state index is 9.20. The second-order valence-electron chi connectivity index (χ2n) is 6.60. The van der Waals surface area contributed by atoms with E-state index in [1.54, 1.807) is 0 Å². The molecule has 1 fully saturated rings. The summed E-state index contributed by atoms with van der Waals surface area (Å²) in [6.07, 6.45) is 3.45. The van der Waals surface area contributed by atoms with Crippen molar-refractivity contribution in [1.82, 2.24) is 4.90 Å².